The standard InChI is InChI=1S/C11H13N3O4S/c1-7-11(8(2)18-12-7)19(16,17)13-9-4-5-10(15)14(3)6-9/h4-6,13H,1-3H3. The van der Waals surface area contributed by atoms with Crippen molar-refractivity contribution in [3.63, 3.8) is 0 Å². The molecule has 0 spiro atoms. The fraction of sp³-hybridized carbons (Fsp3) is 0.273. The molecule has 0 aliphatic rings. The maximum absolute atomic E-state index is 12.2. The van der Waals surface area contributed by atoms with Crippen LogP contribution in [0.15, 0.2) is 32.5 Å². The Kier molecular flexibility index (Phi) is 3.19. The number of sulfonamides is 1. The van der Waals surface area contributed by atoms with Crippen molar-refractivity contribution in [2.24, 2.45) is 7.05 Å². The lowest BCUT2D eigenvalue weighted by Gasteiger charge is -2.08. The minimum atomic E-state index is -3.78. The van der Waals surface area contributed by atoms with Crippen LogP contribution in [0.3, 0.4) is 0 Å². The van der Waals surface area contributed by atoms with E-state index >= 15 is 0 Å². The number of nitrogens with one attached hydrogen (secondary N) is 1. The highest BCUT2D eigenvalue weighted by Gasteiger charge is 2.24. The Morgan fingerprint density at radius 2 is 2.00 bits per heavy atom. The van der Waals surface area contributed by atoms with Crippen LogP contribution in [0.1, 0.15) is 11.5 Å². The lowest BCUT2D eigenvalue weighted by Crippen LogP contribution is -2.18. The van der Waals surface area contributed by atoms with Gasteiger partial charge < -0.3 is 9.09 Å². The van der Waals surface area contributed by atoms with Gasteiger partial charge in [0.05, 0.1) is 5.69 Å². The third kappa shape index (κ3) is 2.53. The van der Waals surface area contributed by atoms with Gasteiger partial charge in [0.25, 0.3) is 10.0 Å². The summed E-state index contributed by atoms with van der Waals surface area (Å²) < 4.78 is 32.9. The first-order valence-electron chi connectivity index (χ1n) is 5.43. The molecule has 7 nitrogen and oxygen atoms in total. The van der Waals surface area contributed by atoms with E-state index in [1.807, 2.05) is 0 Å². The van der Waals surface area contributed by atoms with Crippen LogP contribution >= 0.6 is 0 Å². The van der Waals surface area contributed by atoms with Crippen LogP contribution in [0, 0.1) is 13.8 Å². The van der Waals surface area contributed by atoms with Gasteiger partial charge in [0.15, 0.2) is 10.7 Å². The molecule has 0 aliphatic carbocycles. The summed E-state index contributed by atoms with van der Waals surface area (Å²) in [6.07, 6.45) is 1.40. The van der Waals surface area contributed by atoms with Crippen molar-refractivity contribution in [3.8, 4) is 0 Å². The third-order valence-electron chi connectivity index (χ3n) is 2.57. The second-order valence-corrected chi connectivity index (χ2v) is 5.74. The van der Waals surface area contributed by atoms with Gasteiger partial charge in [-0.25, -0.2) is 8.42 Å². The zero-order chi connectivity index (χ0) is 14.2. The van der Waals surface area contributed by atoms with Gasteiger partial charge in [-0.3, -0.25) is 9.52 Å². The Labute approximate surface area is 109 Å². The molecule has 0 atom stereocenters. The first-order chi connectivity index (χ1) is 8.81. The summed E-state index contributed by atoms with van der Waals surface area (Å²) in [6.45, 7) is 3.07. The first-order valence-corrected chi connectivity index (χ1v) is 6.92. The molecule has 0 fully saturated rings. The van der Waals surface area contributed by atoms with Crippen LogP contribution in [-0.4, -0.2) is 18.1 Å². The summed E-state index contributed by atoms with van der Waals surface area (Å²) in [4.78, 5) is 11.2. The Bertz CT molecular complexity index is 754. The number of hydrogen-bond donors (Lipinski definition) is 1. The molecule has 102 valence electrons. The molecule has 0 aliphatic heterocycles. The fourth-order valence-electron chi connectivity index (χ4n) is 1.72. The molecule has 0 amide bonds. The molecule has 2 rings (SSSR count). The van der Waals surface area contributed by atoms with Gasteiger partial charge in [-0.1, -0.05) is 5.16 Å². The largest absolute Gasteiger partial charge is 0.360 e. The number of aromatic nitrogens is 2. The highest BCUT2D eigenvalue weighted by atomic mass is 32.2. The first kappa shape index (κ1) is 13.3. The summed E-state index contributed by atoms with van der Waals surface area (Å²) in [5.41, 5.74) is 0.359. The Morgan fingerprint density at radius 3 is 2.53 bits per heavy atom. The van der Waals surface area contributed by atoms with E-state index in [1.165, 1.54) is 36.9 Å². The molecule has 2 aromatic rings. The van der Waals surface area contributed by atoms with E-state index in [0.29, 0.717) is 5.69 Å². The van der Waals surface area contributed by atoms with E-state index < -0.39 is 10.0 Å². The third-order valence-corrected chi connectivity index (χ3v) is 4.20. The number of nitrogens with zero attached hydrogens (tertiary/aromatic N) is 2. The average Bonchev–Trinajstić information content (AvgIpc) is 2.64. The maximum atomic E-state index is 12.2. The predicted octanol–water partition coefficient (Wildman–Crippen LogP) is 0.791. The van der Waals surface area contributed by atoms with Crippen molar-refractivity contribution in [2.75, 3.05) is 4.72 Å². The topological polar surface area (TPSA) is 94.2 Å². The van der Waals surface area contributed by atoms with Gasteiger partial charge in [-0.05, 0) is 19.9 Å². The van der Waals surface area contributed by atoms with Crippen molar-refractivity contribution in [2.45, 2.75) is 18.7 Å². The van der Waals surface area contributed by atoms with Crippen molar-refractivity contribution < 1.29 is 12.9 Å². The van der Waals surface area contributed by atoms with Gasteiger partial charge in [0, 0.05) is 19.3 Å². The number of aryl methyl sites for hydroxylation is 3. The van der Waals surface area contributed by atoms with Crippen molar-refractivity contribution in [1.82, 2.24) is 9.72 Å². The highest BCUT2D eigenvalue weighted by Crippen LogP contribution is 2.21. The fourth-order valence-corrected chi connectivity index (χ4v) is 3.09. The predicted molar refractivity (Wildman–Crippen MR) is 68.5 cm³/mol. The van der Waals surface area contributed by atoms with Gasteiger partial charge in [0.1, 0.15) is 5.69 Å². The second kappa shape index (κ2) is 4.54. The maximum Gasteiger partial charge on any atom is 0.267 e. The molecule has 2 heterocycles. The molecule has 0 aromatic carbocycles. The van der Waals surface area contributed by atoms with Gasteiger partial charge in [-0.15, -0.1) is 0 Å². The summed E-state index contributed by atoms with van der Waals surface area (Å²) in [5.74, 6) is 0.217. The van der Waals surface area contributed by atoms with Crippen molar-refractivity contribution >= 4 is 15.7 Å². The van der Waals surface area contributed by atoms with Crippen LogP contribution in [0.4, 0.5) is 5.69 Å². The molecule has 19 heavy (non-hydrogen) atoms. The van der Waals surface area contributed by atoms with Crippen molar-refractivity contribution in [1.29, 1.82) is 0 Å². The smallest absolute Gasteiger partial charge is 0.267 e. The minimum Gasteiger partial charge on any atom is -0.360 e. The number of anilines is 1. The Morgan fingerprint density at radius 1 is 1.32 bits per heavy atom. The van der Waals surface area contributed by atoms with Crippen LogP contribution in [0.5, 0.6) is 0 Å². The molecule has 0 unspecified atom stereocenters. The Hall–Kier alpha value is -2.09. The zero-order valence-corrected chi connectivity index (χ0v) is 11.5. The van der Waals surface area contributed by atoms with Gasteiger partial charge >= 0.3 is 0 Å². The molecular formula is C11H13N3O4S. The lowest BCUT2D eigenvalue weighted by atomic mass is 10.4. The molecular weight excluding hydrogens is 270 g/mol. The van der Waals surface area contributed by atoms with E-state index in [9.17, 15) is 13.2 Å². The molecule has 0 radical (unpaired) electrons. The number of hydrogen-bond acceptors (Lipinski definition) is 5. The minimum absolute atomic E-state index is 0.0151. The molecule has 2 aromatic heterocycles. The normalized spacial score (nSPS) is 11.5. The van der Waals surface area contributed by atoms with Crippen LogP contribution in [0.2, 0.25) is 0 Å². The number of pyridine rings is 1. The molecule has 8 heteroatoms. The van der Waals surface area contributed by atoms with Gasteiger partial charge in [0.2, 0.25) is 5.56 Å². The molecule has 0 saturated heterocycles. The number of rotatable bonds is 3. The van der Waals surface area contributed by atoms with E-state index in [-0.39, 0.29) is 21.9 Å². The quantitative estimate of drug-likeness (QED) is 0.898. The van der Waals surface area contributed by atoms with Gasteiger partial charge in [-0.2, -0.15) is 0 Å². The summed E-state index contributed by atoms with van der Waals surface area (Å²) in [5, 5.41) is 3.61. The van der Waals surface area contributed by atoms with E-state index in [2.05, 4.69) is 9.88 Å². The zero-order valence-electron chi connectivity index (χ0n) is 10.7. The van der Waals surface area contributed by atoms with E-state index in [1.54, 1.807) is 6.92 Å². The Balaban J connectivity index is 2.42. The monoisotopic (exact) mass is 283 g/mol. The van der Waals surface area contributed by atoms with Crippen molar-refractivity contribution in [3.05, 3.63) is 40.1 Å². The lowest BCUT2D eigenvalue weighted by molar-refractivity contribution is 0.390. The average molecular weight is 283 g/mol. The highest BCUT2D eigenvalue weighted by molar-refractivity contribution is 7.92. The van der Waals surface area contributed by atoms with E-state index in [0.717, 1.165) is 0 Å². The van der Waals surface area contributed by atoms with Crippen LogP contribution < -0.4 is 10.3 Å². The molecule has 1 N–H and O–H groups in total. The van der Waals surface area contributed by atoms with Crippen LogP contribution in [-0.2, 0) is 17.1 Å². The summed E-state index contributed by atoms with van der Waals surface area (Å²) >= 11 is 0. The van der Waals surface area contributed by atoms with E-state index in [4.69, 9.17) is 4.52 Å². The summed E-state index contributed by atoms with van der Waals surface area (Å²) in [7, 11) is -2.24. The molecule has 0 saturated carbocycles. The SMILES string of the molecule is Cc1noc(C)c1S(=O)(=O)Nc1ccc(=O)n(C)c1. The summed E-state index contributed by atoms with van der Waals surface area (Å²) in [6, 6.07) is 2.68. The molecule has 0 bridgehead atoms. The second-order valence-electron chi connectivity index (χ2n) is 4.13. The van der Waals surface area contributed by atoms with Crippen LogP contribution in [0.25, 0.3) is 0 Å².